The van der Waals surface area contributed by atoms with E-state index in [1.54, 1.807) is 4.90 Å². The molecule has 1 aliphatic heterocycles. The van der Waals surface area contributed by atoms with Gasteiger partial charge in [-0.15, -0.1) is 0 Å². The molecule has 20 heavy (non-hydrogen) atoms. The number of carbonyl (C=O) groups is 1. The Morgan fingerprint density at radius 2 is 2.00 bits per heavy atom. The number of hydrogen-bond donors (Lipinski definition) is 0. The predicted octanol–water partition coefficient (Wildman–Crippen LogP) is 2.88. The normalized spacial score (nSPS) is 15.0. The van der Waals surface area contributed by atoms with Gasteiger partial charge in [-0.3, -0.25) is 14.9 Å². The maximum Gasteiger partial charge on any atom is 0.283 e. The number of amides is 1. The maximum atomic E-state index is 12.4. The molecule has 6 nitrogen and oxygen atoms in total. The van der Waals surface area contributed by atoms with Crippen LogP contribution in [0.5, 0.6) is 5.75 Å². The molecule has 2 rings (SSSR count). The van der Waals surface area contributed by atoms with Crippen LogP contribution in [0.2, 0.25) is 5.02 Å². The van der Waals surface area contributed by atoms with E-state index in [-0.39, 0.29) is 27.9 Å². The highest BCUT2D eigenvalue weighted by Crippen LogP contribution is 2.33. The number of ether oxygens (including phenoxy) is 1. The van der Waals surface area contributed by atoms with Gasteiger partial charge in [-0.25, -0.2) is 0 Å². The van der Waals surface area contributed by atoms with Gasteiger partial charge >= 0.3 is 0 Å². The number of carbonyl (C=O) groups excluding carboxylic acids is 1. The van der Waals surface area contributed by atoms with Crippen molar-refractivity contribution in [2.45, 2.75) is 19.3 Å². The summed E-state index contributed by atoms with van der Waals surface area (Å²) in [6, 6.07) is 2.51. The van der Waals surface area contributed by atoms with Gasteiger partial charge in [-0.2, -0.15) is 0 Å². The van der Waals surface area contributed by atoms with Crippen molar-refractivity contribution < 1.29 is 14.5 Å². The van der Waals surface area contributed by atoms with E-state index < -0.39 is 4.92 Å². The molecule has 0 radical (unpaired) electrons. The fourth-order valence-electron chi connectivity index (χ4n) is 2.29. The van der Waals surface area contributed by atoms with E-state index >= 15 is 0 Å². The minimum atomic E-state index is -0.595. The topological polar surface area (TPSA) is 72.7 Å². The smallest absolute Gasteiger partial charge is 0.283 e. The van der Waals surface area contributed by atoms with Gasteiger partial charge in [0.05, 0.1) is 17.1 Å². The molecule has 1 aliphatic rings. The molecule has 7 heteroatoms. The Kier molecular flexibility index (Phi) is 4.44. The van der Waals surface area contributed by atoms with E-state index in [1.807, 2.05) is 0 Å². The summed E-state index contributed by atoms with van der Waals surface area (Å²) in [7, 11) is 1.40. The highest BCUT2D eigenvalue weighted by molar-refractivity contribution is 6.32. The minimum absolute atomic E-state index is 0.0261. The van der Waals surface area contributed by atoms with Crippen LogP contribution in [0.25, 0.3) is 0 Å². The first-order valence-corrected chi connectivity index (χ1v) is 6.73. The van der Waals surface area contributed by atoms with Crippen molar-refractivity contribution in [1.82, 2.24) is 4.90 Å². The van der Waals surface area contributed by atoms with Gasteiger partial charge in [0.1, 0.15) is 11.3 Å². The highest BCUT2D eigenvalue weighted by Gasteiger charge is 2.27. The van der Waals surface area contributed by atoms with Crippen LogP contribution >= 0.6 is 11.6 Å². The Bertz CT molecular complexity index is 541. The summed E-state index contributed by atoms with van der Waals surface area (Å²) in [5, 5.41) is 11.2. The molecule has 0 spiro atoms. The number of rotatable bonds is 3. The second-order valence-corrected chi connectivity index (χ2v) is 5.02. The summed E-state index contributed by atoms with van der Waals surface area (Å²) in [6.45, 7) is 1.25. The van der Waals surface area contributed by atoms with Crippen LogP contribution < -0.4 is 4.74 Å². The molecule has 1 saturated heterocycles. The van der Waals surface area contributed by atoms with Crippen molar-refractivity contribution in [2.24, 2.45) is 0 Å². The van der Waals surface area contributed by atoms with Crippen LogP contribution in [0.3, 0.4) is 0 Å². The minimum Gasteiger partial charge on any atom is -0.495 e. The number of nitro benzene ring substituents is 1. The average Bonchev–Trinajstić information content (AvgIpc) is 2.47. The van der Waals surface area contributed by atoms with Crippen molar-refractivity contribution in [3.8, 4) is 5.75 Å². The standard InChI is InChI=1S/C13H15ClN2O4/c1-20-12-7-9(11(16(18)19)8-10(12)14)13(17)15-5-3-2-4-6-15/h7-8H,2-6H2,1H3. The lowest BCUT2D eigenvalue weighted by atomic mass is 10.1. The van der Waals surface area contributed by atoms with Gasteiger partial charge in [0, 0.05) is 25.2 Å². The summed E-state index contributed by atoms with van der Waals surface area (Å²) in [5.41, 5.74) is -0.260. The molecule has 0 bridgehead atoms. The zero-order valence-corrected chi connectivity index (χ0v) is 11.9. The van der Waals surface area contributed by atoms with Crippen molar-refractivity contribution in [3.63, 3.8) is 0 Å². The first kappa shape index (κ1) is 14.6. The number of hydrogen-bond acceptors (Lipinski definition) is 4. The lowest BCUT2D eigenvalue weighted by Gasteiger charge is -2.26. The molecule has 0 aromatic heterocycles. The van der Waals surface area contributed by atoms with Crippen molar-refractivity contribution in [2.75, 3.05) is 20.2 Å². The molecule has 1 fully saturated rings. The van der Waals surface area contributed by atoms with Crippen molar-refractivity contribution in [3.05, 3.63) is 32.8 Å². The molecule has 1 amide bonds. The van der Waals surface area contributed by atoms with Gasteiger partial charge in [0.25, 0.3) is 11.6 Å². The fraction of sp³-hybridized carbons (Fsp3) is 0.462. The Labute approximate surface area is 121 Å². The number of piperidine rings is 1. The Hall–Kier alpha value is -1.82. The number of halogens is 1. The molecule has 0 saturated carbocycles. The predicted molar refractivity (Wildman–Crippen MR) is 74.4 cm³/mol. The van der Waals surface area contributed by atoms with E-state index in [9.17, 15) is 14.9 Å². The molecule has 0 N–H and O–H groups in total. The van der Waals surface area contributed by atoms with E-state index in [2.05, 4.69) is 0 Å². The molecule has 108 valence electrons. The van der Waals surface area contributed by atoms with Gasteiger partial charge in [0.2, 0.25) is 0 Å². The van der Waals surface area contributed by atoms with Crippen LogP contribution in [0.4, 0.5) is 5.69 Å². The summed E-state index contributed by atoms with van der Waals surface area (Å²) in [6.07, 6.45) is 2.92. The quantitative estimate of drug-likeness (QED) is 0.635. The third kappa shape index (κ3) is 2.85. The summed E-state index contributed by atoms with van der Waals surface area (Å²) < 4.78 is 5.03. The second kappa shape index (κ2) is 6.09. The van der Waals surface area contributed by atoms with E-state index in [1.165, 1.54) is 13.2 Å². The third-order valence-corrected chi connectivity index (χ3v) is 3.64. The monoisotopic (exact) mass is 298 g/mol. The number of nitro groups is 1. The first-order chi connectivity index (χ1) is 9.54. The Morgan fingerprint density at radius 3 is 2.55 bits per heavy atom. The van der Waals surface area contributed by atoms with Crippen LogP contribution in [-0.4, -0.2) is 35.9 Å². The van der Waals surface area contributed by atoms with Crippen LogP contribution in [0.15, 0.2) is 12.1 Å². The Balaban J connectivity index is 2.42. The van der Waals surface area contributed by atoms with Gasteiger partial charge in [0.15, 0.2) is 0 Å². The lowest BCUT2D eigenvalue weighted by Crippen LogP contribution is -2.35. The van der Waals surface area contributed by atoms with Gasteiger partial charge in [-0.1, -0.05) is 11.6 Å². The van der Waals surface area contributed by atoms with Crippen LogP contribution in [0, 0.1) is 10.1 Å². The molecule has 1 aromatic carbocycles. The van der Waals surface area contributed by atoms with Crippen LogP contribution in [0.1, 0.15) is 29.6 Å². The lowest BCUT2D eigenvalue weighted by molar-refractivity contribution is -0.385. The number of likely N-dealkylation sites (tertiary alicyclic amines) is 1. The largest absolute Gasteiger partial charge is 0.495 e. The average molecular weight is 299 g/mol. The number of benzene rings is 1. The number of methoxy groups -OCH3 is 1. The molecular weight excluding hydrogens is 284 g/mol. The number of nitrogens with zero attached hydrogens (tertiary/aromatic N) is 2. The zero-order valence-electron chi connectivity index (χ0n) is 11.1. The van der Waals surface area contributed by atoms with Crippen molar-refractivity contribution >= 4 is 23.2 Å². The summed E-state index contributed by atoms with van der Waals surface area (Å²) >= 11 is 5.88. The summed E-state index contributed by atoms with van der Waals surface area (Å²) in [4.78, 5) is 24.6. The fourth-order valence-corrected chi connectivity index (χ4v) is 2.52. The van der Waals surface area contributed by atoms with E-state index in [4.69, 9.17) is 16.3 Å². The third-order valence-electron chi connectivity index (χ3n) is 3.34. The molecule has 0 aliphatic carbocycles. The zero-order chi connectivity index (χ0) is 14.7. The first-order valence-electron chi connectivity index (χ1n) is 6.35. The van der Waals surface area contributed by atoms with Gasteiger partial charge in [-0.05, 0) is 19.3 Å². The van der Waals surface area contributed by atoms with Gasteiger partial charge < -0.3 is 9.64 Å². The highest BCUT2D eigenvalue weighted by atomic mass is 35.5. The van der Waals surface area contributed by atoms with E-state index in [0.29, 0.717) is 13.1 Å². The molecular formula is C13H15ClN2O4. The molecule has 1 heterocycles. The van der Waals surface area contributed by atoms with Crippen LogP contribution in [-0.2, 0) is 0 Å². The Morgan fingerprint density at radius 1 is 1.35 bits per heavy atom. The molecule has 1 aromatic rings. The summed E-state index contributed by atoms with van der Waals surface area (Å²) in [5.74, 6) is -0.0796. The second-order valence-electron chi connectivity index (χ2n) is 4.61. The van der Waals surface area contributed by atoms with Crippen molar-refractivity contribution in [1.29, 1.82) is 0 Å². The van der Waals surface area contributed by atoms with E-state index in [0.717, 1.165) is 25.3 Å². The SMILES string of the molecule is COc1cc(C(=O)N2CCCCC2)c([N+](=O)[O-])cc1Cl. The molecule has 0 atom stereocenters. The maximum absolute atomic E-state index is 12.4. The molecule has 0 unspecified atom stereocenters.